The van der Waals surface area contributed by atoms with E-state index in [0.717, 1.165) is 0 Å². The van der Waals surface area contributed by atoms with Gasteiger partial charge in [0.2, 0.25) is 0 Å². The minimum atomic E-state index is 0.623. The van der Waals surface area contributed by atoms with Gasteiger partial charge in [0.1, 0.15) is 0 Å². The molecule has 0 radical (unpaired) electrons. The molecule has 0 fully saturated rings. The Bertz CT molecular complexity index is 8.00. The van der Waals surface area contributed by atoms with Crippen LogP contribution >= 0.6 is 0 Å². The second kappa shape index (κ2) is 4.43. The SMILES string of the molecule is CC[NH][RaH]. The second-order valence-electron chi connectivity index (χ2n) is 0.707. The zero-order valence-corrected chi connectivity index (χ0v) is 11.4. The summed E-state index contributed by atoms with van der Waals surface area (Å²) < 4.78 is 3.16. The molecule has 0 aliphatic heterocycles. The molecule has 0 atom stereocenters. The maximum atomic E-state index is 3.16. The molecular weight excluding hydrogens is 264 g/mol. The van der Waals surface area contributed by atoms with Crippen molar-refractivity contribution >= 4 is 0 Å². The van der Waals surface area contributed by atoms with Crippen LogP contribution in [0.15, 0.2) is 0 Å². The summed E-state index contributed by atoms with van der Waals surface area (Å²) in [4.78, 5) is 0. The van der Waals surface area contributed by atoms with Crippen LogP contribution in [0.25, 0.3) is 0 Å². The van der Waals surface area contributed by atoms with Crippen molar-refractivity contribution in [3.63, 3.8) is 0 Å². The second-order valence-corrected chi connectivity index (χ2v) is 3.61. The Morgan fingerprint density at radius 2 is 2.25 bits per heavy atom. The normalized spacial score (nSPS) is 7.00. The van der Waals surface area contributed by atoms with Crippen molar-refractivity contribution in [1.82, 2.24) is 0.848 Å². The van der Waals surface area contributed by atoms with Crippen LogP contribution in [0.5, 0.6) is 0 Å². The Labute approximate surface area is 56.7 Å². The summed E-state index contributed by atoms with van der Waals surface area (Å²) in [5.41, 5.74) is 0. The third-order valence-electron chi connectivity index (χ3n) is 0.354. The minimum absolute atomic E-state index is 0.623. The van der Waals surface area contributed by atoms with Gasteiger partial charge in [-0.15, -0.1) is 0 Å². The summed E-state index contributed by atoms with van der Waals surface area (Å²) in [7, 11) is 0. The van der Waals surface area contributed by atoms with Gasteiger partial charge in [0.05, 0.1) is 0 Å². The number of hydrogen-bond donors (Lipinski definition) is 1. The third kappa shape index (κ3) is 3.43. The van der Waals surface area contributed by atoms with Gasteiger partial charge in [0.25, 0.3) is 0 Å². The monoisotopic (exact) mass is 271 g/mol. The summed E-state index contributed by atoms with van der Waals surface area (Å²) in [6, 6.07) is 0. The molecule has 0 heterocycles. The molecule has 0 bridgehead atoms. The van der Waals surface area contributed by atoms with E-state index < -0.39 is 0 Å². The van der Waals surface area contributed by atoms with Crippen LogP contribution < -0.4 is 0.848 Å². The fourth-order valence-corrected chi connectivity index (χ4v) is 0. The summed E-state index contributed by atoms with van der Waals surface area (Å²) in [6.45, 7) is 3.30. The molecule has 0 rings (SSSR count). The molecule has 0 amide bonds. The molecule has 0 aromatic carbocycles. The molecule has 0 spiro atoms. The Morgan fingerprint density at radius 3 is 2.25 bits per heavy atom. The van der Waals surface area contributed by atoms with Crippen LogP contribution in [0.1, 0.15) is 6.92 Å². The predicted octanol–water partition coefficient (Wildman–Crippen LogP) is -0.208. The van der Waals surface area contributed by atoms with Crippen molar-refractivity contribution in [3.8, 4) is 0 Å². The molecule has 0 aliphatic carbocycles. The molecular formula is C2H7NRa. The van der Waals surface area contributed by atoms with Gasteiger partial charge in [-0.25, -0.2) is 0 Å². The van der Waals surface area contributed by atoms with Crippen LogP contribution in [0.3, 0.4) is 0 Å². The number of rotatable bonds is 1. The van der Waals surface area contributed by atoms with E-state index >= 15 is 0 Å². The van der Waals surface area contributed by atoms with Gasteiger partial charge in [0, 0.05) is 0 Å². The van der Waals surface area contributed by atoms with E-state index in [0.29, 0.717) is 43.2 Å². The first kappa shape index (κ1) is 5.43. The molecule has 4 heavy (non-hydrogen) atoms. The van der Waals surface area contributed by atoms with Crippen molar-refractivity contribution in [1.29, 1.82) is 0 Å². The molecule has 0 saturated heterocycles. The molecule has 22 valence electrons. The summed E-state index contributed by atoms with van der Waals surface area (Å²) in [5.74, 6) is 0. The van der Waals surface area contributed by atoms with Gasteiger partial charge in [-0.3, -0.25) is 0 Å². The van der Waals surface area contributed by atoms with Crippen molar-refractivity contribution in [2.45, 2.75) is 6.92 Å². The van der Waals surface area contributed by atoms with Crippen molar-refractivity contribution in [2.75, 3.05) is 6.54 Å². The van der Waals surface area contributed by atoms with Crippen LogP contribution in [-0.4, -0.2) is 6.54 Å². The topological polar surface area (TPSA) is 12.0 Å². The zero-order chi connectivity index (χ0) is 3.41. The first-order valence-corrected chi connectivity index (χ1v) is 5.67. The van der Waals surface area contributed by atoms with Gasteiger partial charge in [-0.05, 0) is 0 Å². The molecule has 0 unspecified atom stereocenters. The van der Waals surface area contributed by atoms with E-state index in [9.17, 15) is 0 Å². The quantitative estimate of drug-likeness (QED) is 0.696. The average molecular weight is 271 g/mol. The van der Waals surface area contributed by atoms with Gasteiger partial charge in [-0.2, -0.15) is 0 Å². The van der Waals surface area contributed by atoms with Gasteiger partial charge >= 0.3 is 57.5 Å². The standard InChI is InChI=1S/C2H6N.Ra.H/c1-2-3;;/h3H,2H2,1H3;;/q-1;+1;. The van der Waals surface area contributed by atoms with Crippen molar-refractivity contribution in [3.05, 3.63) is 0 Å². The summed E-state index contributed by atoms with van der Waals surface area (Å²) in [6.07, 6.45) is 0. The van der Waals surface area contributed by atoms with Crippen molar-refractivity contribution in [2.24, 2.45) is 0 Å². The van der Waals surface area contributed by atoms with E-state index in [-0.39, 0.29) is 0 Å². The van der Waals surface area contributed by atoms with Crippen LogP contribution in [0.2, 0.25) is 0 Å². The fraction of sp³-hybridized carbons (Fsp3) is 1.00. The van der Waals surface area contributed by atoms with Crippen molar-refractivity contribution < 1.29 is 43.2 Å². The Kier molecular flexibility index (Phi) is 6.01. The fourth-order valence-electron chi connectivity index (χ4n) is 0. The predicted molar refractivity (Wildman–Crippen MR) is 15.1 cm³/mol. The van der Waals surface area contributed by atoms with Gasteiger partial charge < -0.3 is 0 Å². The molecule has 0 saturated carbocycles. The first-order valence-electron chi connectivity index (χ1n) is 1.56. The number of hydrogen-bond acceptors (Lipinski definition) is 1. The van der Waals surface area contributed by atoms with E-state index in [1.807, 2.05) is 0 Å². The Morgan fingerprint density at radius 1 is 2.00 bits per heavy atom. The van der Waals surface area contributed by atoms with Crippen LogP contribution in [-0.2, 0) is 0 Å². The molecule has 0 aromatic rings. The Balaban J connectivity index is 1.97. The third-order valence-corrected chi connectivity index (χ3v) is 3.26. The molecule has 2 heteroatoms. The first-order chi connectivity index (χ1) is 1.91. The van der Waals surface area contributed by atoms with Gasteiger partial charge in [-0.1, -0.05) is 0 Å². The van der Waals surface area contributed by atoms with Gasteiger partial charge in [0.15, 0.2) is 0 Å². The Hall–Kier alpha value is 1.43. The summed E-state index contributed by atoms with van der Waals surface area (Å²) in [5, 5.41) is 0. The molecule has 0 aromatic heterocycles. The van der Waals surface area contributed by atoms with E-state index in [1.165, 1.54) is 6.54 Å². The molecule has 1 nitrogen and oxygen atoms in total. The number of nitrogens with one attached hydrogen (secondary N) is 1. The zero-order valence-electron chi connectivity index (χ0n) is 3.21. The van der Waals surface area contributed by atoms with E-state index in [4.69, 9.17) is 0 Å². The van der Waals surface area contributed by atoms with E-state index in [1.54, 1.807) is 0 Å². The molecule has 0 aliphatic rings. The molecule has 1 N–H and O–H groups in total. The average Bonchev–Trinajstić information content (AvgIpc) is 1.37. The summed E-state index contributed by atoms with van der Waals surface area (Å²) >= 11 is 0.623. The van der Waals surface area contributed by atoms with E-state index in [2.05, 4.69) is 7.77 Å². The van der Waals surface area contributed by atoms with Crippen LogP contribution in [0.4, 0.5) is 0 Å². The maximum absolute atomic E-state index is 3.16. The van der Waals surface area contributed by atoms with Crippen LogP contribution in [0, 0.1) is 43.2 Å².